The van der Waals surface area contributed by atoms with Crippen molar-refractivity contribution >= 4 is 11.6 Å². The highest BCUT2D eigenvalue weighted by atomic mass is 16.5. The first kappa shape index (κ1) is 19.2. The van der Waals surface area contributed by atoms with E-state index in [2.05, 4.69) is 20.6 Å². The van der Waals surface area contributed by atoms with E-state index in [4.69, 9.17) is 9.47 Å². The summed E-state index contributed by atoms with van der Waals surface area (Å²) in [5.74, 6) is 2.25. The van der Waals surface area contributed by atoms with Gasteiger partial charge in [-0.15, -0.1) is 0 Å². The van der Waals surface area contributed by atoms with E-state index in [0.717, 1.165) is 34.9 Å². The fourth-order valence-corrected chi connectivity index (χ4v) is 3.13. The van der Waals surface area contributed by atoms with E-state index in [1.807, 2.05) is 60.9 Å². The molecule has 6 nitrogen and oxygen atoms in total. The molecule has 0 amide bonds. The molecule has 0 radical (unpaired) electrons. The van der Waals surface area contributed by atoms with E-state index in [1.165, 1.54) is 19.3 Å². The van der Waals surface area contributed by atoms with Gasteiger partial charge in [-0.25, -0.2) is 9.97 Å². The van der Waals surface area contributed by atoms with Crippen molar-refractivity contribution in [3.8, 4) is 22.6 Å². The van der Waals surface area contributed by atoms with Gasteiger partial charge in [0, 0.05) is 36.2 Å². The van der Waals surface area contributed by atoms with Crippen LogP contribution in [0.1, 0.15) is 19.3 Å². The van der Waals surface area contributed by atoms with Gasteiger partial charge in [0.2, 0.25) is 5.95 Å². The zero-order valence-corrected chi connectivity index (χ0v) is 16.6. The van der Waals surface area contributed by atoms with E-state index >= 15 is 0 Å². The molecule has 1 heterocycles. The lowest BCUT2D eigenvalue weighted by Gasteiger charge is -2.26. The van der Waals surface area contributed by atoms with E-state index < -0.39 is 0 Å². The van der Waals surface area contributed by atoms with E-state index in [9.17, 15) is 0 Å². The Morgan fingerprint density at radius 1 is 0.897 bits per heavy atom. The maximum absolute atomic E-state index is 5.78. The molecule has 6 heteroatoms. The summed E-state index contributed by atoms with van der Waals surface area (Å²) in [6, 6.07) is 16.4. The van der Waals surface area contributed by atoms with Crippen LogP contribution in [0.3, 0.4) is 0 Å². The molecular formula is C23H26N4O2. The van der Waals surface area contributed by atoms with Crippen LogP contribution in [0, 0.1) is 0 Å². The van der Waals surface area contributed by atoms with Crippen LogP contribution in [0.15, 0.2) is 60.9 Å². The molecule has 1 aliphatic carbocycles. The van der Waals surface area contributed by atoms with Crippen molar-refractivity contribution in [2.24, 2.45) is 0 Å². The van der Waals surface area contributed by atoms with Crippen molar-refractivity contribution < 1.29 is 9.47 Å². The summed E-state index contributed by atoms with van der Waals surface area (Å²) in [6.45, 7) is 1.57. The predicted octanol–water partition coefficient (Wildman–Crippen LogP) is 4.42. The van der Waals surface area contributed by atoms with Crippen LogP contribution in [-0.2, 0) is 0 Å². The van der Waals surface area contributed by atoms with Crippen LogP contribution in [0.4, 0.5) is 11.6 Å². The third-order valence-electron chi connectivity index (χ3n) is 5.09. The third-order valence-corrected chi connectivity index (χ3v) is 5.09. The van der Waals surface area contributed by atoms with Gasteiger partial charge < -0.3 is 20.1 Å². The number of hydrogen-bond donors (Lipinski definition) is 2. The van der Waals surface area contributed by atoms with E-state index in [-0.39, 0.29) is 0 Å². The topological polar surface area (TPSA) is 68.3 Å². The number of rotatable bonds is 9. The lowest BCUT2D eigenvalue weighted by molar-refractivity contribution is 0.276. The Kier molecular flexibility index (Phi) is 6.22. The Morgan fingerprint density at radius 2 is 1.59 bits per heavy atom. The van der Waals surface area contributed by atoms with Gasteiger partial charge >= 0.3 is 0 Å². The smallest absolute Gasteiger partial charge is 0.227 e. The molecule has 150 valence electrons. The van der Waals surface area contributed by atoms with Crippen LogP contribution in [0.25, 0.3) is 11.1 Å². The number of anilines is 2. The Morgan fingerprint density at radius 3 is 2.21 bits per heavy atom. The molecule has 1 aromatic heterocycles. The summed E-state index contributed by atoms with van der Waals surface area (Å²) in [6.07, 6.45) is 7.56. The summed E-state index contributed by atoms with van der Waals surface area (Å²) in [7, 11) is 1.66. The molecular weight excluding hydrogens is 364 g/mol. The Bertz CT molecular complexity index is 892. The predicted molar refractivity (Wildman–Crippen MR) is 115 cm³/mol. The van der Waals surface area contributed by atoms with Crippen LogP contribution >= 0.6 is 0 Å². The van der Waals surface area contributed by atoms with Crippen molar-refractivity contribution in [3.05, 3.63) is 60.9 Å². The minimum Gasteiger partial charge on any atom is -0.497 e. The number of nitrogens with zero attached hydrogens (tertiary/aromatic N) is 2. The quantitative estimate of drug-likeness (QED) is 0.527. The molecule has 0 bridgehead atoms. The molecule has 4 rings (SSSR count). The summed E-state index contributed by atoms with van der Waals surface area (Å²) in [4.78, 5) is 8.83. The number of aromatic nitrogens is 2. The second kappa shape index (κ2) is 9.39. The molecule has 0 spiro atoms. The highest BCUT2D eigenvalue weighted by Gasteiger charge is 2.15. The summed E-state index contributed by atoms with van der Waals surface area (Å²) >= 11 is 0. The van der Waals surface area contributed by atoms with Crippen molar-refractivity contribution in [3.63, 3.8) is 0 Å². The molecule has 0 aliphatic heterocycles. The first-order valence-electron chi connectivity index (χ1n) is 10.00. The van der Waals surface area contributed by atoms with E-state index in [0.29, 0.717) is 18.6 Å². The maximum Gasteiger partial charge on any atom is 0.227 e. The van der Waals surface area contributed by atoms with Crippen molar-refractivity contribution in [1.29, 1.82) is 0 Å². The van der Waals surface area contributed by atoms with Gasteiger partial charge in [-0.2, -0.15) is 0 Å². The fraction of sp³-hybridized carbons (Fsp3) is 0.304. The summed E-state index contributed by atoms with van der Waals surface area (Å²) in [5, 5.41) is 6.71. The van der Waals surface area contributed by atoms with Gasteiger partial charge in [-0.1, -0.05) is 18.6 Å². The molecule has 0 atom stereocenters. The maximum atomic E-state index is 5.78. The van der Waals surface area contributed by atoms with Crippen LogP contribution in [0.2, 0.25) is 0 Å². The zero-order valence-electron chi connectivity index (χ0n) is 16.6. The molecule has 0 saturated heterocycles. The number of benzene rings is 2. The zero-order chi connectivity index (χ0) is 19.9. The van der Waals surface area contributed by atoms with Gasteiger partial charge in [0.15, 0.2) is 0 Å². The number of ether oxygens (including phenoxy) is 2. The van der Waals surface area contributed by atoms with Gasteiger partial charge in [0.25, 0.3) is 0 Å². The molecule has 1 saturated carbocycles. The standard InChI is InChI=1S/C23H26N4O2/c1-28-21-9-5-17(6-10-21)18-15-25-23(26-16-18)27-20-7-11-22(12-8-20)29-14-13-24-19-3-2-4-19/h5-12,15-16,19,24H,2-4,13-14H2,1H3,(H,25,26,27). The van der Waals surface area contributed by atoms with Gasteiger partial charge in [-0.05, 0) is 54.8 Å². The summed E-state index contributed by atoms with van der Waals surface area (Å²) in [5.41, 5.74) is 2.92. The number of hydrogen-bond acceptors (Lipinski definition) is 6. The fourth-order valence-electron chi connectivity index (χ4n) is 3.13. The largest absolute Gasteiger partial charge is 0.497 e. The molecule has 1 aliphatic rings. The average molecular weight is 390 g/mol. The number of methoxy groups -OCH3 is 1. The van der Waals surface area contributed by atoms with Gasteiger partial charge in [0.1, 0.15) is 18.1 Å². The molecule has 0 unspecified atom stereocenters. The van der Waals surface area contributed by atoms with Crippen LogP contribution in [0.5, 0.6) is 11.5 Å². The Hall–Kier alpha value is -3.12. The van der Waals surface area contributed by atoms with Crippen LogP contribution in [-0.4, -0.2) is 36.3 Å². The highest BCUT2D eigenvalue weighted by molar-refractivity contribution is 5.63. The second-order valence-electron chi connectivity index (χ2n) is 7.10. The van der Waals surface area contributed by atoms with Crippen molar-refractivity contribution in [1.82, 2.24) is 15.3 Å². The van der Waals surface area contributed by atoms with E-state index in [1.54, 1.807) is 7.11 Å². The second-order valence-corrected chi connectivity index (χ2v) is 7.10. The third kappa shape index (κ3) is 5.23. The number of nitrogens with one attached hydrogen (secondary N) is 2. The first-order valence-corrected chi connectivity index (χ1v) is 10.00. The Labute approximate surface area is 171 Å². The SMILES string of the molecule is COc1ccc(-c2cnc(Nc3ccc(OCCNC4CCC4)cc3)nc2)cc1. The minimum absolute atomic E-state index is 0.556. The summed E-state index contributed by atoms with van der Waals surface area (Å²) < 4.78 is 11.0. The molecule has 29 heavy (non-hydrogen) atoms. The molecule has 2 aromatic carbocycles. The average Bonchev–Trinajstić information content (AvgIpc) is 2.74. The van der Waals surface area contributed by atoms with Crippen molar-refractivity contribution in [2.45, 2.75) is 25.3 Å². The Balaban J connectivity index is 1.28. The first-order chi connectivity index (χ1) is 14.3. The molecule has 3 aromatic rings. The minimum atomic E-state index is 0.556. The van der Waals surface area contributed by atoms with Gasteiger partial charge in [0.05, 0.1) is 7.11 Å². The molecule has 2 N–H and O–H groups in total. The highest BCUT2D eigenvalue weighted by Crippen LogP contribution is 2.23. The monoisotopic (exact) mass is 390 g/mol. The van der Waals surface area contributed by atoms with Crippen LogP contribution < -0.4 is 20.1 Å². The van der Waals surface area contributed by atoms with Crippen molar-refractivity contribution in [2.75, 3.05) is 25.6 Å². The lowest BCUT2D eigenvalue weighted by atomic mass is 9.93. The lowest BCUT2D eigenvalue weighted by Crippen LogP contribution is -2.37. The normalized spacial score (nSPS) is 13.6. The van der Waals surface area contributed by atoms with Gasteiger partial charge in [-0.3, -0.25) is 0 Å². The molecule has 1 fully saturated rings.